The Morgan fingerprint density at radius 2 is 1.97 bits per heavy atom. The first-order valence-corrected chi connectivity index (χ1v) is 9.99. The van der Waals surface area contributed by atoms with Crippen molar-refractivity contribution in [2.75, 3.05) is 19.0 Å². The number of hydrogen-bond acceptors (Lipinski definition) is 8. The van der Waals surface area contributed by atoms with Crippen LogP contribution < -0.4 is 14.8 Å². The quantitative estimate of drug-likeness (QED) is 0.406. The van der Waals surface area contributed by atoms with Gasteiger partial charge >= 0.3 is 5.69 Å². The fourth-order valence-electron chi connectivity index (χ4n) is 2.63. The summed E-state index contributed by atoms with van der Waals surface area (Å²) < 4.78 is 10.6. The number of nitrogens with one attached hydrogen (secondary N) is 1. The van der Waals surface area contributed by atoms with Crippen molar-refractivity contribution in [2.45, 2.75) is 19.8 Å². The van der Waals surface area contributed by atoms with Gasteiger partial charge in [-0.25, -0.2) is 0 Å². The van der Waals surface area contributed by atoms with Crippen LogP contribution in [0, 0.1) is 10.1 Å². The maximum atomic E-state index is 12.4. The molecule has 1 N–H and O–H groups in total. The molecule has 1 amide bonds. The number of nitro benzene ring substituents is 1. The number of carbonyl (C=O) groups is 1. The zero-order valence-corrected chi connectivity index (χ0v) is 17.3. The number of aromatic nitrogens is 2. The molecule has 0 fully saturated rings. The van der Waals surface area contributed by atoms with Crippen LogP contribution in [0.3, 0.4) is 0 Å². The van der Waals surface area contributed by atoms with Crippen LogP contribution in [0.1, 0.15) is 27.9 Å². The van der Waals surface area contributed by atoms with Crippen molar-refractivity contribution in [3.63, 3.8) is 0 Å². The van der Waals surface area contributed by atoms with Gasteiger partial charge < -0.3 is 9.47 Å². The Bertz CT molecular complexity index is 1040. The minimum atomic E-state index is -0.603. The van der Waals surface area contributed by atoms with Crippen molar-refractivity contribution in [2.24, 2.45) is 0 Å². The second-order valence-electron chi connectivity index (χ2n) is 6.19. The lowest BCUT2D eigenvalue weighted by Crippen LogP contribution is -2.12. The summed E-state index contributed by atoms with van der Waals surface area (Å²) in [6.07, 6.45) is 1.51. The van der Waals surface area contributed by atoms with Crippen LogP contribution >= 0.6 is 11.3 Å². The normalized spacial score (nSPS) is 10.5. The molecule has 0 aliphatic rings. The van der Waals surface area contributed by atoms with Crippen LogP contribution in [0.15, 0.2) is 42.5 Å². The lowest BCUT2D eigenvalue weighted by Gasteiger charge is -2.05. The number of aryl methyl sites for hydroxylation is 1. The van der Waals surface area contributed by atoms with E-state index in [-0.39, 0.29) is 17.0 Å². The minimum absolute atomic E-state index is 0.0825. The summed E-state index contributed by atoms with van der Waals surface area (Å²) in [4.78, 5) is 22.9. The van der Waals surface area contributed by atoms with Crippen molar-refractivity contribution in [3.8, 4) is 11.5 Å². The van der Waals surface area contributed by atoms with Gasteiger partial charge in [-0.05, 0) is 36.2 Å². The summed E-state index contributed by atoms with van der Waals surface area (Å²) in [5, 5.41) is 22.7. The fraction of sp³-hybridized carbons (Fsp3) is 0.250. The van der Waals surface area contributed by atoms with E-state index in [0.717, 1.165) is 18.2 Å². The first-order chi connectivity index (χ1) is 14.5. The highest BCUT2D eigenvalue weighted by molar-refractivity contribution is 7.15. The molecular weight excluding hydrogens is 408 g/mol. The number of ether oxygens (including phenoxy) is 2. The fourth-order valence-corrected chi connectivity index (χ4v) is 3.34. The van der Waals surface area contributed by atoms with Crippen LogP contribution in [0.5, 0.6) is 11.5 Å². The van der Waals surface area contributed by atoms with E-state index in [9.17, 15) is 14.9 Å². The van der Waals surface area contributed by atoms with Crippen molar-refractivity contribution < 1.29 is 19.2 Å². The van der Waals surface area contributed by atoms with E-state index in [0.29, 0.717) is 23.2 Å². The SMILES string of the molecule is CCc1ccc(OCCc2nnc(NC(=O)c3ccc(OC)c([N+](=O)[O-])c3)s2)cc1. The molecule has 3 rings (SSSR count). The molecule has 1 aromatic heterocycles. The van der Waals surface area contributed by atoms with E-state index < -0.39 is 10.8 Å². The predicted molar refractivity (Wildman–Crippen MR) is 113 cm³/mol. The van der Waals surface area contributed by atoms with Gasteiger partial charge in [-0.15, -0.1) is 10.2 Å². The molecule has 3 aromatic rings. The smallest absolute Gasteiger partial charge is 0.311 e. The number of rotatable bonds is 9. The van der Waals surface area contributed by atoms with Gasteiger partial charge in [0.2, 0.25) is 5.13 Å². The third-order valence-corrected chi connectivity index (χ3v) is 5.14. The molecular formula is C20H20N4O5S. The molecule has 0 unspecified atom stereocenters. The molecule has 0 radical (unpaired) electrons. The van der Waals surface area contributed by atoms with Gasteiger partial charge in [-0.3, -0.25) is 20.2 Å². The second kappa shape index (κ2) is 9.79. The highest BCUT2D eigenvalue weighted by atomic mass is 32.1. The average molecular weight is 428 g/mol. The largest absolute Gasteiger partial charge is 0.493 e. The maximum Gasteiger partial charge on any atom is 0.311 e. The number of nitro groups is 1. The topological polar surface area (TPSA) is 116 Å². The standard InChI is InChI=1S/C20H20N4O5S/c1-3-13-4-7-15(8-5-13)29-11-10-18-22-23-20(30-18)21-19(25)14-6-9-17(28-2)16(12-14)24(26)27/h4-9,12H,3,10-11H2,1-2H3,(H,21,23,25). The third kappa shape index (κ3) is 5.29. The summed E-state index contributed by atoms with van der Waals surface area (Å²) in [6, 6.07) is 11.9. The van der Waals surface area contributed by atoms with E-state index in [1.165, 1.54) is 36.1 Å². The van der Waals surface area contributed by atoms with Gasteiger partial charge in [0, 0.05) is 18.1 Å². The zero-order chi connectivity index (χ0) is 21.5. The van der Waals surface area contributed by atoms with Gasteiger partial charge in [0.25, 0.3) is 5.91 Å². The Balaban J connectivity index is 1.56. The molecule has 30 heavy (non-hydrogen) atoms. The Morgan fingerprint density at radius 1 is 1.20 bits per heavy atom. The molecule has 156 valence electrons. The van der Waals surface area contributed by atoms with Crippen molar-refractivity contribution in [1.82, 2.24) is 10.2 Å². The van der Waals surface area contributed by atoms with Gasteiger partial charge in [0.15, 0.2) is 5.75 Å². The van der Waals surface area contributed by atoms with Gasteiger partial charge in [0.1, 0.15) is 10.8 Å². The lowest BCUT2D eigenvalue weighted by molar-refractivity contribution is -0.385. The summed E-state index contributed by atoms with van der Waals surface area (Å²) in [7, 11) is 1.33. The molecule has 0 saturated heterocycles. The Kier molecular flexibility index (Phi) is 6.91. The van der Waals surface area contributed by atoms with Gasteiger partial charge in [0.05, 0.1) is 18.6 Å². The summed E-state index contributed by atoms with van der Waals surface area (Å²) in [5.41, 5.74) is 1.08. The molecule has 9 nitrogen and oxygen atoms in total. The van der Waals surface area contributed by atoms with Crippen molar-refractivity contribution >= 4 is 28.1 Å². The molecule has 0 spiro atoms. The van der Waals surface area contributed by atoms with Crippen LogP contribution in [-0.2, 0) is 12.8 Å². The molecule has 0 saturated carbocycles. The predicted octanol–water partition coefficient (Wildman–Crippen LogP) is 3.89. The molecule has 1 heterocycles. The Morgan fingerprint density at radius 3 is 2.63 bits per heavy atom. The molecule has 2 aromatic carbocycles. The monoisotopic (exact) mass is 428 g/mol. The number of carbonyl (C=O) groups excluding carboxylic acids is 1. The lowest BCUT2D eigenvalue weighted by atomic mass is 10.2. The summed E-state index contributed by atoms with van der Waals surface area (Å²) in [6.45, 7) is 2.52. The van der Waals surface area contributed by atoms with E-state index >= 15 is 0 Å². The highest BCUT2D eigenvalue weighted by Crippen LogP contribution is 2.28. The molecule has 0 aliphatic heterocycles. The zero-order valence-electron chi connectivity index (χ0n) is 16.5. The Labute approximate surface area is 176 Å². The van der Waals surface area contributed by atoms with Crippen molar-refractivity contribution in [3.05, 3.63) is 68.7 Å². The highest BCUT2D eigenvalue weighted by Gasteiger charge is 2.19. The van der Waals surface area contributed by atoms with E-state index in [2.05, 4.69) is 22.4 Å². The first-order valence-electron chi connectivity index (χ1n) is 9.18. The first kappa shape index (κ1) is 21.2. The van der Waals surface area contributed by atoms with E-state index in [4.69, 9.17) is 9.47 Å². The van der Waals surface area contributed by atoms with Crippen LogP contribution in [-0.4, -0.2) is 34.7 Å². The van der Waals surface area contributed by atoms with Gasteiger partial charge in [-0.2, -0.15) is 0 Å². The molecule has 0 atom stereocenters. The molecule has 10 heteroatoms. The number of methoxy groups -OCH3 is 1. The number of anilines is 1. The van der Waals surface area contributed by atoms with Crippen LogP contribution in [0.2, 0.25) is 0 Å². The molecule has 0 aliphatic carbocycles. The summed E-state index contributed by atoms with van der Waals surface area (Å²) >= 11 is 1.22. The number of nitrogens with zero attached hydrogens (tertiary/aromatic N) is 3. The van der Waals surface area contributed by atoms with Gasteiger partial charge in [-0.1, -0.05) is 30.4 Å². The Hall–Kier alpha value is -3.53. The number of benzene rings is 2. The van der Waals surface area contributed by atoms with Crippen LogP contribution in [0.25, 0.3) is 0 Å². The third-order valence-electron chi connectivity index (χ3n) is 4.24. The minimum Gasteiger partial charge on any atom is -0.493 e. The molecule has 0 bridgehead atoms. The summed E-state index contributed by atoms with van der Waals surface area (Å²) in [5.74, 6) is 0.348. The maximum absolute atomic E-state index is 12.4. The van der Waals surface area contributed by atoms with E-state index in [1.807, 2.05) is 24.3 Å². The van der Waals surface area contributed by atoms with Crippen molar-refractivity contribution in [1.29, 1.82) is 0 Å². The number of hydrogen-bond donors (Lipinski definition) is 1. The van der Waals surface area contributed by atoms with Crippen LogP contribution in [0.4, 0.5) is 10.8 Å². The second-order valence-corrected chi connectivity index (χ2v) is 7.26. The number of amides is 1. The average Bonchev–Trinajstić information content (AvgIpc) is 3.20. The van der Waals surface area contributed by atoms with E-state index in [1.54, 1.807) is 0 Å².